The zero-order chi connectivity index (χ0) is 10.6. The van der Waals surface area contributed by atoms with Gasteiger partial charge in [0.05, 0.1) is 5.60 Å². The molecule has 0 amide bonds. The Morgan fingerprint density at radius 2 is 1.64 bits per heavy atom. The van der Waals surface area contributed by atoms with Crippen LogP contribution >= 0.6 is 0 Å². The lowest BCUT2D eigenvalue weighted by Crippen LogP contribution is -2.42. The molecule has 2 nitrogen and oxygen atoms in total. The molecule has 1 aliphatic carbocycles. The van der Waals surface area contributed by atoms with Gasteiger partial charge in [0.1, 0.15) is 0 Å². The minimum atomic E-state index is -0.529. The number of hydrogen-bond acceptors (Lipinski definition) is 2. The van der Waals surface area contributed by atoms with Gasteiger partial charge < -0.3 is 10.2 Å². The second kappa shape index (κ2) is 5.13. The molecule has 0 aromatic carbocycles. The molecule has 0 radical (unpaired) electrons. The lowest BCUT2D eigenvalue weighted by molar-refractivity contribution is -0.0668. The zero-order valence-corrected chi connectivity index (χ0v) is 9.50. The SMILES string of the molecule is C[C@@H]1CCCC[C@H](C)C1(O)CCCO. The third-order valence-corrected chi connectivity index (χ3v) is 3.97. The minimum absolute atomic E-state index is 0.196. The Morgan fingerprint density at radius 1 is 1.14 bits per heavy atom. The molecule has 84 valence electrons. The lowest BCUT2D eigenvalue weighted by Gasteiger charge is -2.38. The van der Waals surface area contributed by atoms with E-state index in [2.05, 4.69) is 13.8 Å². The Morgan fingerprint density at radius 3 is 2.07 bits per heavy atom. The molecule has 0 aromatic heterocycles. The molecule has 1 aliphatic rings. The van der Waals surface area contributed by atoms with Crippen LogP contribution in [0.2, 0.25) is 0 Å². The average Bonchev–Trinajstić information content (AvgIpc) is 2.29. The van der Waals surface area contributed by atoms with Gasteiger partial charge in [-0.3, -0.25) is 0 Å². The Labute approximate surface area is 87.3 Å². The Hall–Kier alpha value is -0.0800. The maximum Gasteiger partial charge on any atom is 0.0699 e. The topological polar surface area (TPSA) is 40.5 Å². The average molecular weight is 200 g/mol. The highest BCUT2D eigenvalue weighted by molar-refractivity contribution is 4.90. The summed E-state index contributed by atoms with van der Waals surface area (Å²) in [6.07, 6.45) is 6.23. The van der Waals surface area contributed by atoms with Gasteiger partial charge in [-0.05, 0) is 37.5 Å². The predicted molar refractivity (Wildman–Crippen MR) is 58.1 cm³/mol. The van der Waals surface area contributed by atoms with E-state index in [0.717, 1.165) is 25.7 Å². The van der Waals surface area contributed by atoms with Crippen LogP contribution in [0.1, 0.15) is 52.4 Å². The van der Waals surface area contributed by atoms with E-state index in [0.29, 0.717) is 11.8 Å². The van der Waals surface area contributed by atoms with Crippen LogP contribution in [0.15, 0.2) is 0 Å². The summed E-state index contributed by atoms with van der Waals surface area (Å²) >= 11 is 0. The summed E-state index contributed by atoms with van der Waals surface area (Å²) in [6.45, 7) is 4.50. The van der Waals surface area contributed by atoms with E-state index in [-0.39, 0.29) is 6.61 Å². The number of aliphatic hydroxyl groups excluding tert-OH is 1. The molecule has 1 rings (SSSR count). The number of aliphatic hydroxyl groups is 2. The van der Waals surface area contributed by atoms with E-state index in [1.807, 2.05) is 0 Å². The molecule has 1 unspecified atom stereocenters. The van der Waals surface area contributed by atoms with Gasteiger partial charge in [0.25, 0.3) is 0 Å². The molecule has 14 heavy (non-hydrogen) atoms. The van der Waals surface area contributed by atoms with E-state index >= 15 is 0 Å². The third-order valence-electron chi connectivity index (χ3n) is 3.97. The van der Waals surface area contributed by atoms with E-state index in [1.165, 1.54) is 12.8 Å². The first-order valence-electron chi connectivity index (χ1n) is 5.94. The molecule has 1 fully saturated rings. The third kappa shape index (κ3) is 2.48. The van der Waals surface area contributed by atoms with Gasteiger partial charge in [-0.15, -0.1) is 0 Å². The number of rotatable bonds is 3. The van der Waals surface area contributed by atoms with E-state index < -0.39 is 5.60 Å². The summed E-state index contributed by atoms with van der Waals surface area (Å²) in [7, 11) is 0. The van der Waals surface area contributed by atoms with Crippen molar-refractivity contribution in [2.24, 2.45) is 11.8 Å². The summed E-state index contributed by atoms with van der Waals surface area (Å²) in [4.78, 5) is 0. The fourth-order valence-electron chi connectivity index (χ4n) is 2.74. The summed E-state index contributed by atoms with van der Waals surface area (Å²) in [5.41, 5.74) is -0.529. The second-order valence-electron chi connectivity index (χ2n) is 4.90. The first kappa shape index (κ1) is 12.0. The lowest BCUT2D eigenvalue weighted by atomic mass is 9.75. The van der Waals surface area contributed by atoms with Crippen molar-refractivity contribution in [2.45, 2.75) is 58.0 Å². The number of hydrogen-bond donors (Lipinski definition) is 2. The van der Waals surface area contributed by atoms with Crippen LogP contribution in [0, 0.1) is 11.8 Å². The van der Waals surface area contributed by atoms with Crippen molar-refractivity contribution in [1.29, 1.82) is 0 Å². The van der Waals surface area contributed by atoms with Gasteiger partial charge in [0.2, 0.25) is 0 Å². The van der Waals surface area contributed by atoms with Crippen molar-refractivity contribution in [1.82, 2.24) is 0 Å². The van der Waals surface area contributed by atoms with Crippen LogP contribution in [0.3, 0.4) is 0 Å². The monoisotopic (exact) mass is 200 g/mol. The standard InChI is InChI=1S/C12H24O2/c1-10-6-3-4-7-11(2)12(10,14)8-5-9-13/h10-11,13-14H,3-9H2,1-2H3/t10-,11+,12?. The molecule has 0 saturated heterocycles. The molecular weight excluding hydrogens is 176 g/mol. The molecule has 0 bridgehead atoms. The highest BCUT2D eigenvalue weighted by Crippen LogP contribution is 2.39. The van der Waals surface area contributed by atoms with Gasteiger partial charge in [-0.1, -0.05) is 26.7 Å². The second-order valence-corrected chi connectivity index (χ2v) is 4.90. The Kier molecular flexibility index (Phi) is 4.39. The van der Waals surface area contributed by atoms with Crippen molar-refractivity contribution in [3.05, 3.63) is 0 Å². The predicted octanol–water partition coefficient (Wildman–Crippen LogP) is 2.34. The van der Waals surface area contributed by atoms with Crippen LogP contribution in [0.25, 0.3) is 0 Å². The quantitative estimate of drug-likeness (QED) is 0.686. The van der Waals surface area contributed by atoms with Crippen molar-refractivity contribution >= 4 is 0 Å². The molecular formula is C12H24O2. The van der Waals surface area contributed by atoms with Crippen LogP contribution < -0.4 is 0 Å². The van der Waals surface area contributed by atoms with Gasteiger partial charge in [0.15, 0.2) is 0 Å². The van der Waals surface area contributed by atoms with Crippen molar-refractivity contribution < 1.29 is 10.2 Å². The molecule has 1 saturated carbocycles. The molecule has 2 heteroatoms. The van der Waals surface area contributed by atoms with Gasteiger partial charge in [0, 0.05) is 6.61 Å². The van der Waals surface area contributed by atoms with Crippen LogP contribution in [-0.4, -0.2) is 22.4 Å². The van der Waals surface area contributed by atoms with Crippen molar-refractivity contribution in [3.8, 4) is 0 Å². The van der Waals surface area contributed by atoms with Crippen molar-refractivity contribution in [3.63, 3.8) is 0 Å². The summed E-state index contributed by atoms with van der Waals surface area (Å²) in [5, 5.41) is 19.5. The first-order valence-corrected chi connectivity index (χ1v) is 5.94. The van der Waals surface area contributed by atoms with Gasteiger partial charge in [-0.2, -0.15) is 0 Å². The van der Waals surface area contributed by atoms with E-state index in [9.17, 15) is 5.11 Å². The summed E-state index contributed by atoms with van der Waals surface area (Å²) in [6, 6.07) is 0. The summed E-state index contributed by atoms with van der Waals surface area (Å²) < 4.78 is 0. The minimum Gasteiger partial charge on any atom is -0.396 e. The molecule has 3 atom stereocenters. The van der Waals surface area contributed by atoms with Crippen LogP contribution in [-0.2, 0) is 0 Å². The van der Waals surface area contributed by atoms with Gasteiger partial charge in [-0.25, -0.2) is 0 Å². The molecule has 0 aromatic rings. The largest absolute Gasteiger partial charge is 0.396 e. The van der Waals surface area contributed by atoms with Crippen LogP contribution in [0.5, 0.6) is 0 Å². The maximum absolute atomic E-state index is 10.6. The summed E-state index contributed by atoms with van der Waals surface area (Å²) in [5.74, 6) is 0.762. The Bertz CT molecular complexity index is 156. The van der Waals surface area contributed by atoms with Gasteiger partial charge >= 0.3 is 0 Å². The zero-order valence-electron chi connectivity index (χ0n) is 9.50. The van der Waals surface area contributed by atoms with E-state index in [4.69, 9.17) is 5.11 Å². The Balaban J connectivity index is 2.65. The van der Waals surface area contributed by atoms with Crippen LogP contribution in [0.4, 0.5) is 0 Å². The smallest absolute Gasteiger partial charge is 0.0699 e. The maximum atomic E-state index is 10.6. The fourth-order valence-corrected chi connectivity index (χ4v) is 2.74. The normalized spacial score (nSPS) is 39.4. The molecule has 0 spiro atoms. The molecule has 0 aliphatic heterocycles. The fraction of sp³-hybridized carbons (Fsp3) is 1.00. The van der Waals surface area contributed by atoms with E-state index in [1.54, 1.807) is 0 Å². The molecule has 2 N–H and O–H groups in total. The highest BCUT2D eigenvalue weighted by Gasteiger charge is 2.39. The highest BCUT2D eigenvalue weighted by atomic mass is 16.3. The molecule has 0 heterocycles. The van der Waals surface area contributed by atoms with Crippen molar-refractivity contribution in [2.75, 3.05) is 6.61 Å². The first-order chi connectivity index (χ1) is 6.61.